The summed E-state index contributed by atoms with van der Waals surface area (Å²) in [5, 5.41) is 0. The minimum absolute atomic E-state index is 0.0294. The number of carbonyl (C=O) groups excluding carboxylic acids is 2. The number of hydrogen-bond donors (Lipinski definition) is 0. The van der Waals surface area contributed by atoms with Gasteiger partial charge in [0.1, 0.15) is 5.78 Å². The highest BCUT2D eigenvalue weighted by atomic mass is 19.3. The molecule has 1 fully saturated rings. The highest BCUT2D eigenvalue weighted by Gasteiger charge is 2.35. The van der Waals surface area contributed by atoms with Crippen LogP contribution in [0.2, 0.25) is 0 Å². The van der Waals surface area contributed by atoms with E-state index in [1.165, 1.54) is 0 Å². The third kappa shape index (κ3) is 2.36. The van der Waals surface area contributed by atoms with Crippen molar-refractivity contribution in [3.8, 4) is 0 Å². The fourth-order valence-corrected chi connectivity index (χ4v) is 1.50. The number of ketones is 1. The van der Waals surface area contributed by atoms with Crippen LogP contribution in [0.15, 0.2) is 0 Å². The van der Waals surface area contributed by atoms with Crippen molar-refractivity contribution in [2.75, 3.05) is 0 Å². The van der Waals surface area contributed by atoms with E-state index in [-0.39, 0.29) is 24.4 Å². The lowest BCUT2D eigenvalue weighted by Gasteiger charge is -2.12. The quantitative estimate of drug-likeness (QED) is 0.612. The molecule has 68 valence electrons. The van der Waals surface area contributed by atoms with Crippen molar-refractivity contribution in [2.45, 2.75) is 31.6 Å². The molecule has 0 saturated heterocycles. The van der Waals surface area contributed by atoms with Gasteiger partial charge in [-0.3, -0.25) is 9.59 Å². The predicted octanol–water partition coefficient (Wildman–Crippen LogP) is 1.58. The minimum Gasteiger partial charge on any atom is -0.300 e. The average Bonchev–Trinajstić information content (AvgIpc) is 2.35. The number of Topliss-reactive ketones (excluding diaryl/α,β-unsaturated/α-hetero) is 1. The number of hydrogen-bond acceptors (Lipinski definition) is 2. The van der Waals surface area contributed by atoms with E-state index in [4.69, 9.17) is 0 Å². The normalized spacial score (nSPS) is 24.5. The molecule has 2 nitrogen and oxygen atoms in total. The van der Waals surface area contributed by atoms with Crippen LogP contribution < -0.4 is 0 Å². The number of halogens is 2. The molecule has 1 atom stereocenters. The van der Waals surface area contributed by atoms with E-state index in [1.54, 1.807) is 0 Å². The Hall–Kier alpha value is -0.800. The van der Waals surface area contributed by atoms with E-state index in [0.29, 0.717) is 12.8 Å². The zero-order chi connectivity index (χ0) is 9.19. The van der Waals surface area contributed by atoms with Gasteiger partial charge in [-0.1, -0.05) is 0 Å². The maximum Gasteiger partial charge on any atom is 0.302 e. The zero-order valence-corrected chi connectivity index (χ0v) is 6.56. The molecule has 0 aliphatic heterocycles. The molecule has 0 N–H and O–H groups in total. The summed E-state index contributed by atoms with van der Waals surface area (Å²) in [7, 11) is 0. The molecule has 0 aromatic rings. The molecular formula is C8H10F2O2. The Morgan fingerprint density at radius 1 is 1.58 bits per heavy atom. The average molecular weight is 176 g/mol. The van der Waals surface area contributed by atoms with Crippen molar-refractivity contribution in [3.63, 3.8) is 0 Å². The summed E-state index contributed by atoms with van der Waals surface area (Å²) in [4.78, 5) is 20.6. The van der Waals surface area contributed by atoms with Crippen LogP contribution in [0, 0.1) is 5.92 Å². The zero-order valence-electron chi connectivity index (χ0n) is 6.56. The van der Waals surface area contributed by atoms with E-state index in [2.05, 4.69) is 0 Å². The fourth-order valence-electron chi connectivity index (χ4n) is 1.50. The van der Waals surface area contributed by atoms with Crippen LogP contribution >= 0.6 is 0 Å². The lowest BCUT2D eigenvalue weighted by molar-refractivity contribution is -0.131. The predicted molar refractivity (Wildman–Crippen MR) is 38.0 cm³/mol. The van der Waals surface area contributed by atoms with Gasteiger partial charge in [0.05, 0.1) is 0 Å². The highest BCUT2D eigenvalue weighted by Crippen LogP contribution is 2.31. The second kappa shape index (κ2) is 3.29. The van der Waals surface area contributed by atoms with E-state index >= 15 is 0 Å². The highest BCUT2D eigenvalue weighted by molar-refractivity contribution is 5.80. The van der Waals surface area contributed by atoms with Crippen LogP contribution in [0.1, 0.15) is 25.7 Å². The summed E-state index contributed by atoms with van der Waals surface area (Å²) >= 11 is 0. The first kappa shape index (κ1) is 9.29. The fraction of sp³-hybridized carbons (Fsp3) is 0.750. The van der Waals surface area contributed by atoms with E-state index < -0.39 is 12.3 Å². The first-order chi connectivity index (χ1) is 5.53. The van der Waals surface area contributed by atoms with Crippen LogP contribution in [-0.4, -0.2) is 18.0 Å². The number of carbonyl (C=O) groups is 2. The second-order valence-electron chi connectivity index (χ2n) is 3.23. The Labute approximate surface area is 68.9 Å². The summed E-state index contributed by atoms with van der Waals surface area (Å²) in [6, 6.07) is 0. The summed E-state index contributed by atoms with van der Waals surface area (Å²) < 4.78 is 24.9. The van der Waals surface area contributed by atoms with Gasteiger partial charge in [0, 0.05) is 19.3 Å². The van der Waals surface area contributed by atoms with Crippen LogP contribution in [0.5, 0.6) is 0 Å². The van der Waals surface area contributed by atoms with E-state index in [1.807, 2.05) is 0 Å². The van der Waals surface area contributed by atoms with Crippen LogP contribution in [-0.2, 0) is 9.59 Å². The smallest absolute Gasteiger partial charge is 0.300 e. The van der Waals surface area contributed by atoms with Gasteiger partial charge in [-0.15, -0.1) is 0 Å². The molecule has 0 bridgehead atoms. The first-order valence-electron chi connectivity index (χ1n) is 3.89. The van der Waals surface area contributed by atoms with Crippen LogP contribution in [0.25, 0.3) is 0 Å². The molecule has 1 rings (SSSR count). The Bertz CT molecular complexity index is 201. The van der Waals surface area contributed by atoms with Crippen LogP contribution in [0.4, 0.5) is 8.78 Å². The van der Waals surface area contributed by atoms with Gasteiger partial charge in [0.25, 0.3) is 0 Å². The molecule has 0 radical (unpaired) electrons. The largest absolute Gasteiger partial charge is 0.302 e. The van der Waals surface area contributed by atoms with Gasteiger partial charge in [-0.25, -0.2) is 0 Å². The van der Waals surface area contributed by atoms with Crippen molar-refractivity contribution in [1.82, 2.24) is 0 Å². The molecule has 0 amide bonds. The Morgan fingerprint density at radius 2 is 2.25 bits per heavy atom. The molecule has 1 saturated carbocycles. The second-order valence-corrected chi connectivity index (χ2v) is 3.23. The van der Waals surface area contributed by atoms with E-state index in [9.17, 15) is 18.4 Å². The molecular weight excluding hydrogens is 166 g/mol. The summed E-state index contributed by atoms with van der Waals surface area (Å²) in [5.41, 5.74) is 0. The van der Waals surface area contributed by atoms with Crippen molar-refractivity contribution in [2.24, 2.45) is 5.92 Å². The topological polar surface area (TPSA) is 34.1 Å². The van der Waals surface area contributed by atoms with Gasteiger partial charge in [0.15, 0.2) is 6.29 Å². The molecule has 0 spiro atoms. The van der Waals surface area contributed by atoms with Gasteiger partial charge in [-0.05, 0) is 12.3 Å². The third-order valence-corrected chi connectivity index (χ3v) is 2.08. The molecule has 1 aliphatic carbocycles. The first-order valence-corrected chi connectivity index (χ1v) is 3.89. The molecule has 0 heterocycles. The Balaban J connectivity index is 2.41. The molecule has 1 unspecified atom stereocenters. The van der Waals surface area contributed by atoms with Gasteiger partial charge in [0.2, 0.25) is 0 Å². The van der Waals surface area contributed by atoms with E-state index in [0.717, 1.165) is 0 Å². The van der Waals surface area contributed by atoms with Gasteiger partial charge in [-0.2, -0.15) is 8.78 Å². The molecule has 0 aromatic carbocycles. The van der Waals surface area contributed by atoms with Crippen molar-refractivity contribution in [3.05, 3.63) is 0 Å². The maximum absolute atomic E-state index is 12.5. The lowest BCUT2D eigenvalue weighted by atomic mass is 10.0. The standard InChI is InChI=1S/C8H10F2O2/c9-8(10,5-11)4-6-1-2-7(12)3-6/h5-6H,1-4H2. The number of aldehydes is 1. The van der Waals surface area contributed by atoms with Crippen LogP contribution in [0.3, 0.4) is 0 Å². The summed E-state index contributed by atoms with van der Waals surface area (Å²) in [6.07, 6.45) is 0.295. The molecule has 1 aliphatic rings. The maximum atomic E-state index is 12.5. The third-order valence-electron chi connectivity index (χ3n) is 2.08. The molecule has 12 heavy (non-hydrogen) atoms. The number of rotatable bonds is 3. The summed E-state index contributed by atoms with van der Waals surface area (Å²) in [6.45, 7) is 0. The monoisotopic (exact) mass is 176 g/mol. The molecule has 0 aromatic heterocycles. The lowest BCUT2D eigenvalue weighted by Crippen LogP contribution is -2.21. The van der Waals surface area contributed by atoms with Crippen molar-refractivity contribution < 1.29 is 18.4 Å². The SMILES string of the molecule is O=CC(F)(F)CC1CCC(=O)C1. The van der Waals surface area contributed by atoms with Crippen molar-refractivity contribution in [1.29, 1.82) is 0 Å². The van der Waals surface area contributed by atoms with Gasteiger partial charge < -0.3 is 0 Å². The van der Waals surface area contributed by atoms with Crippen molar-refractivity contribution >= 4 is 12.1 Å². The van der Waals surface area contributed by atoms with Gasteiger partial charge >= 0.3 is 5.92 Å². The Morgan fingerprint density at radius 3 is 2.67 bits per heavy atom. The molecule has 4 heteroatoms. The minimum atomic E-state index is -3.24. The summed E-state index contributed by atoms with van der Waals surface area (Å²) in [5.74, 6) is -3.51. The number of alkyl halides is 2. The Kier molecular flexibility index (Phi) is 2.55.